The molecule has 6 heteroatoms. The molecule has 1 N–H and O–H groups in total. The fourth-order valence-electron chi connectivity index (χ4n) is 4.29. The molecule has 2 heterocycles. The molecule has 30 heavy (non-hydrogen) atoms. The highest BCUT2D eigenvalue weighted by atomic mass is 16.5. The van der Waals surface area contributed by atoms with Crippen molar-refractivity contribution in [3.8, 4) is 0 Å². The van der Waals surface area contributed by atoms with Crippen LogP contribution in [0.4, 0.5) is 5.69 Å². The molecule has 2 aliphatic rings. The topological polar surface area (TPSA) is 70.1 Å². The predicted octanol–water partition coefficient (Wildman–Crippen LogP) is 4.02. The lowest BCUT2D eigenvalue weighted by atomic mass is 9.82. The third-order valence-corrected chi connectivity index (χ3v) is 5.99. The van der Waals surface area contributed by atoms with Crippen LogP contribution in [0.15, 0.2) is 35.6 Å². The number of ether oxygens (including phenoxy) is 1. The van der Waals surface area contributed by atoms with Crippen molar-refractivity contribution in [2.45, 2.75) is 59.6 Å². The minimum atomic E-state index is -0.705. The predicted molar refractivity (Wildman–Crippen MR) is 118 cm³/mol. The van der Waals surface area contributed by atoms with Crippen molar-refractivity contribution in [2.24, 2.45) is 5.41 Å². The number of carbonyl (C=O) groups excluding carboxylic acids is 2. The van der Waals surface area contributed by atoms with Gasteiger partial charge in [0.25, 0.3) is 5.91 Å². The first-order valence-corrected chi connectivity index (χ1v) is 10.9. The van der Waals surface area contributed by atoms with E-state index < -0.39 is 23.1 Å². The Bertz CT molecular complexity index is 813. The molecule has 0 aliphatic carbocycles. The van der Waals surface area contributed by atoms with Gasteiger partial charge < -0.3 is 19.6 Å². The molecular weight excluding hydrogens is 380 g/mol. The zero-order valence-corrected chi connectivity index (χ0v) is 18.8. The van der Waals surface area contributed by atoms with Crippen molar-refractivity contribution >= 4 is 17.4 Å². The average Bonchev–Trinajstić information content (AvgIpc) is 3.31. The lowest BCUT2D eigenvalue weighted by molar-refractivity contribution is -0.131. The van der Waals surface area contributed by atoms with E-state index >= 15 is 0 Å². The Morgan fingerprint density at radius 2 is 1.83 bits per heavy atom. The SMILES string of the molecule is CCN(CC)c1ccc(C2C(C(=O)C(C)(C)C)=C(O)C(=O)N2CC2CCCO2)cc1. The van der Waals surface area contributed by atoms with Crippen LogP contribution in [-0.2, 0) is 14.3 Å². The summed E-state index contributed by atoms with van der Waals surface area (Å²) in [4.78, 5) is 30.1. The van der Waals surface area contributed by atoms with Crippen LogP contribution in [0.2, 0.25) is 0 Å². The van der Waals surface area contributed by atoms with Crippen LogP contribution in [0.3, 0.4) is 0 Å². The van der Waals surface area contributed by atoms with E-state index in [1.54, 1.807) is 4.90 Å². The molecule has 3 rings (SSSR count). The van der Waals surface area contributed by atoms with Crippen LogP contribution >= 0.6 is 0 Å². The fraction of sp³-hybridized carbons (Fsp3) is 0.583. The maximum absolute atomic E-state index is 13.2. The van der Waals surface area contributed by atoms with Gasteiger partial charge >= 0.3 is 0 Å². The van der Waals surface area contributed by atoms with E-state index in [9.17, 15) is 14.7 Å². The van der Waals surface area contributed by atoms with Crippen LogP contribution in [0.1, 0.15) is 59.1 Å². The number of carbonyl (C=O) groups is 2. The van der Waals surface area contributed by atoms with Gasteiger partial charge in [0.1, 0.15) is 0 Å². The van der Waals surface area contributed by atoms with Crippen LogP contribution in [0.25, 0.3) is 0 Å². The van der Waals surface area contributed by atoms with E-state index in [1.807, 2.05) is 45.0 Å². The number of nitrogens with zero attached hydrogens (tertiary/aromatic N) is 2. The molecule has 1 aromatic rings. The van der Waals surface area contributed by atoms with E-state index in [4.69, 9.17) is 4.74 Å². The van der Waals surface area contributed by atoms with Crippen LogP contribution in [0.5, 0.6) is 0 Å². The minimum Gasteiger partial charge on any atom is -0.503 e. The first-order valence-electron chi connectivity index (χ1n) is 10.9. The summed E-state index contributed by atoms with van der Waals surface area (Å²) in [6.45, 7) is 12.5. The number of benzene rings is 1. The molecule has 0 radical (unpaired) electrons. The Hall–Kier alpha value is -2.34. The smallest absolute Gasteiger partial charge is 0.290 e. The molecule has 0 bridgehead atoms. The third kappa shape index (κ3) is 4.24. The summed E-state index contributed by atoms with van der Waals surface area (Å²) < 4.78 is 5.74. The second-order valence-electron chi connectivity index (χ2n) is 9.10. The second kappa shape index (κ2) is 8.80. The number of ketones is 1. The standard InChI is InChI=1S/C24H34N2O4/c1-6-25(7-2)17-12-10-16(11-13-17)20-19(22(28)24(3,4)5)21(27)23(29)26(20)15-18-9-8-14-30-18/h10-13,18,20,27H,6-9,14-15H2,1-5H3. The Morgan fingerprint density at radius 1 is 1.20 bits per heavy atom. The van der Waals surface area contributed by atoms with Gasteiger partial charge in [-0.25, -0.2) is 0 Å². The lowest BCUT2D eigenvalue weighted by Gasteiger charge is -2.31. The van der Waals surface area contributed by atoms with Crippen molar-refractivity contribution in [1.82, 2.24) is 4.90 Å². The van der Waals surface area contributed by atoms with Crippen LogP contribution in [0, 0.1) is 5.41 Å². The van der Waals surface area contributed by atoms with Crippen molar-refractivity contribution in [1.29, 1.82) is 0 Å². The normalized spacial score (nSPS) is 22.2. The zero-order chi connectivity index (χ0) is 22.1. The van der Waals surface area contributed by atoms with Gasteiger partial charge in [-0.3, -0.25) is 9.59 Å². The molecule has 0 spiro atoms. The molecule has 1 amide bonds. The summed E-state index contributed by atoms with van der Waals surface area (Å²) in [6.07, 6.45) is 1.77. The fourth-order valence-corrected chi connectivity index (χ4v) is 4.29. The number of aliphatic hydroxyl groups excluding tert-OH is 1. The molecule has 2 aliphatic heterocycles. The van der Waals surface area contributed by atoms with Gasteiger partial charge in [-0.15, -0.1) is 0 Å². The molecule has 0 saturated carbocycles. The largest absolute Gasteiger partial charge is 0.503 e. The van der Waals surface area contributed by atoms with Crippen molar-refractivity contribution in [3.05, 3.63) is 41.2 Å². The van der Waals surface area contributed by atoms with Gasteiger partial charge in [-0.1, -0.05) is 32.9 Å². The molecule has 1 fully saturated rings. The third-order valence-electron chi connectivity index (χ3n) is 5.99. The van der Waals surface area contributed by atoms with Gasteiger partial charge in [0.05, 0.1) is 17.7 Å². The average molecular weight is 415 g/mol. The van der Waals surface area contributed by atoms with Gasteiger partial charge in [0.15, 0.2) is 11.5 Å². The molecule has 6 nitrogen and oxygen atoms in total. The van der Waals surface area contributed by atoms with E-state index in [1.165, 1.54) is 0 Å². The highest BCUT2D eigenvalue weighted by Gasteiger charge is 2.46. The van der Waals surface area contributed by atoms with Crippen molar-refractivity contribution in [2.75, 3.05) is 31.1 Å². The Morgan fingerprint density at radius 3 is 2.33 bits per heavy atom. The van der Waals surface area contributed by atoms with Gasteiger partial charge in [0, 0.05) is 37.3 Å². The number of rotatable bonds is 7. The highest BCUT2D eigenvalue weighted by Crippen LogP contribution is 2.41. The molecule has 2 atom stereocenters. The Labute approximate surface area is 179 Å². The van der Waals surface area contributed by atoms with Crippen LogP contribution < -0.4 is 4.90 Å². The van der Waals surface area contributed by atoms with E-state index in [2.05, 4.69) is 18.7 Å². The summed E-state index contributed by atoms with van der Waals surface area (Å²) in [5, 5.41) is 10.7. The molecule has 2 unspecified atom stereocenters. The monoisotopic (exact) mass is 414 g/mol. The maximum Gasteiger partial charge on any atom is 0.290 e. The number of amides is 1. The summed E-state index contributed by atoms with van der Waals surface area (Å²) in [7, 11) is 0. The number of hydrogen-bond acceptors (Lipinski definition) is 5. The van der Waals surface area contributed by atoms with Gasteiger partial charge in [-0.05, 0) is 44.4 Å². The number of aliphatic hydroxyl groups is 1. The van der Waals surface area contributed by atoms with Gasteiger partial charge in [0.2, 0.25) is 0 Å². The zero-order valence-electron chi connectivity index (χ0n) is 18.8. The summed E-state index contributed by atoms with van der Waals surface area (Å²) >= 11 is 0. The molecular formula is C24H34N2O4. The molecule has 164 valence electrons. The lowest BCUT2D eigenvalue weighted by Crippen LogP contribution is -2.38. The molecule has 1 aromatic carbocycles. The summed E-state index contributed by atoms with van der Waals surface area (Å²) in [5.74, 6) is -1.12. The van der Waals surface area contributed by atoms with Crippen LogP contribution in [-0.4, -0.2) is 54.0 Å². The molecule has 1 saturated heterocycles. The van der Waals surface area contributed by atoms with E-state index in [-0.39, 0.29) is 17.5 Å². The first-order chi connectivity index (χ1) is 14.2. The number of hydrogen-bond donors (Lipinski definition) is 1. The van der Waals surface area contributed by atoms with E-state index in [0.717, 1.165) is 37.2 Å². The second-order valence-corrected chi connectivity index (χ2v) is 9.10. The Balaban J connectivity index is 2.01. The summed E-state index contributed by atoms with van der Waals surface area (Å²) in [6, 6.07) is 7.36. The quantitative estimate of drug-likeness (QED) is 0.730. The van der Waals surface area contributed by atoms with Crippen molar-refractivity contribution in [3.63, 3.8) is 0 Å². The van der Waals surface area contributed by atoms with Gasteiger partial charge in [-0.2, -0.15) is 0 Å². The van der Waals surface area contributed by atoms with Crippen molar-refractivity contribution < 1.29 is 19.4 Å². The minimum absolute atomic E-state index is 0.0664. The maximum atomic E-state index is 13.2. The first kappa shape index (κ1) is 22.3. The highest BCUT2D eigenvalue weighted by molar-refractivity contribution is 6.10. The summed E-state index contributed by atoms with van der Waals surface area (Å²) in [5.41, 5.74) is 1.41. The van der Waals surface area contributed by atoms with E-state index in [0.29, 0.717) is 13.2 Å². The Kier molecular flexibility index (Phi) is 6.56. The number of Topliss-reactive ketones (excluding diaryl/α,β-unsaturated/α-hetero) is 1. The molecule has 0 aromatic heterocycles. The number of anilines is 1.